The Hall–Kier alpha value is -3.13. The average Bonchev–Trinajstić information content (AvgIpc) is 3.38. The number of sulfonamides is 1. The molecule has 1 aliphatic rings. The van der Waals surface area contributed by atoms with Gasteiger partial charge in [-0.05, 0) is 55.0 Å². The molecular weight excluding hydrogens is 378 g/mol. The molecule has 1 amide bonds. The van der Waals surface area contributed by atoms with E-state index >= 15 is 0 Å². The van der Waals surface area contributed by atoms with Gasteiger partial charge in [-0.3, -0.25) is 4.79 Å². The standard InChI is InChI=1S/C20H19N3O4S/c24-20-7-3-13-22(20)16-8-10-18(11-9-16)28(25,26)23(15-17-5-4-14-27-17)19-6-1-2-12-21-19/h1-2,4-6,8-12,14H,3,7,13,15H2. The van der Waals surface area contributed by atoms with Crippen molar-refractivity contribution >= 4 is 27.4 Å². The van der Waals surface area contributed by atoms with E-state index < -0.39 is 10.0 Å². The smallest absolute Gasteiger partial charge is 0.265 e. The van der Waals surface area contributed by atoms with Gasteiger partial charge in [-0.2, -0.15) is 0 Å². The second kappa shape index (κ2) is 7.47. The summed E-state index contributed by atoms with van der Waals surface area (Å²) in [5.41, 5.74) is 0.705. The summed E-state index contributed by atoms with van der Waals surface area (Å²) >= 11 is 0. The van der Waals surface area contributed by atoms with Crippen molar-refractivity contribution in [3.8, 4) is 0 Å². The number of nitrogens with zero attached hydrogens (tertiary/aromatic N) is 3. The van der Waals surface area contributed by atoms with Crippen molar-refractivity contribution in [1.29, 1.82) is 0 Å². The van der Waals surface area contributed by atoms with Crippen LogP contribution in [-0.2, 0) is 21.4 Å². The van der Waals surface area contributed by atoms with Crippen molar-refractivity contribution in [2.45, 2.75) is 24.3 Å². The van der Waals surface area contributed by atoms with Gasteiger partial charge in [-0.15, -0.1) is 0 Å². The van der Waals surface area contributed by atoms with Gasteiger partial charge in [0.05, 0.1) is 17.7 Å². The number of hydrogen-bond acceptors (Lipinski definition) is 5. The van der Waals surface area contributed by atoms with Crippen LogP contribution in [0.2, 0.25) is 0 Å². The zero-order chi connectivity index (χ0) is 19.6. The highest BCUT2D eigenvalue weighted by atomic mass is 32.2. The number of aromatic nitrogens is 1. The van der Waals surface area contributed by atoms with Gasteiger partial charge in [0.1, 0.15) is 11.6 Å². The van der Waals surface area contributed by atoms with Gasteiger partial charge in [0, 0.05) is 24.8 Å². The van der Waals surface area contributed by atoms with E-state index in [2.05, 4.69) is 4.98 Å². The number of anilines is 2. The molecule has 1 fully saturated rings. The molecule has 7 nitrogen and oxygen atoms in total. The molecule has 8 heteroatoms. The Balaban J connectivity index is 1.68. The fraction of sp³-hybridized carbons (Fsp3) is 0.200. The summed E-state index contributed by atoms with van der Waals surface area (Å²) in [5, 5.41) is 0. The maximum absolute atomic E-state index is 13.3. The third kappa shape index (κ3) is 3.50. The van der Waals surface area contributed by atoms with Crippen molar-refractivity contribution in [2.24, 2.45) is 0 Å². The first-order valence-corrected chi connectivity index (χ1v) is 10.4. The molecule has 4 rings (SSSR count). The van der Waals surface area contributed by atoms with Crippen LogP contribution in [0.15, 0.2) is 76.4 Å². The highest BCUT2D eigenvalue weighted by Gasteiger charge is 2.28. The molecule has 144 valence electrons. The highest BCUT2D eigenvalue weighted by Crippen LogP contribution is 2.27. The first-order chi connectivity index (χ1) is 13.6. The lowest BCUT2D eigenvalue weighted by atomic mass is 10.3. The van der Waals surface area contributed by atoms with E-state index in [1.165, 1.54) is 22.7 Å². The van der Waals surface area contributed by atoms with Crippen molar-refractivity contribution in [2.75, 3.05) is 15.7 Å². The third-order valence-corrected chi connectivity index (χ3v) is 6.36. The van der Waals surface area contributed by atoms with Gasteiger partial charge in [-0.1, -0.05) is 6.07 Å². The van der Waals surface area contributed by atoms with E-state index in [1.807, 2.05) is 0 Å². The molecule has 0 N–H and O–H groups in total. The molecule has 1 aliphatic heterocycles. The topological polar surface area (TPSA) is 83.7 Å². The first kappa shape index (κ1) is 18.2. The Labute approximate surface area is 163 Å². The zero-order valence-electron chi connectivity index (χ0n) is 15.1. The van der Waals surface area contributed by atoms with Crippen LogP contribution < -0.4 is 9.21 Å². The Kier molecular flexibility index (Phi) is 4.87. The maximum atomic E-state index is 13.3. The molecular formula is C20H19N3O4S. The number of furan rings is 1. The van der Waals surface area contributed by atoms with Gasteiger partial charge < -0.3 is 9.32 Å². The summed E-state index contributed by atoms with van der Waals surface area (Å²) in [6.45, 7) is 0.683. The van der Waals surface area contributed by atoms with Gasteiger partial charge in [-0.25, -0.2) is 17.7 Å². The number of carbonyl (C=O) groups is 1. The fourth-order valence-electron chi connectivity index (χ4n) is 3.18. The van der Waals surface area contributed by atoms with Crippen molar-refractivity contribution in [3.63, 3.8) is 0 Å². The van der Waals surface area contributed by atoms with Crippen LogP contribution in [0, 0.1) is 0 Å². The number of amides is 1. The van der Waals surface area contributed by atoms with E-state index in [0.717, 1.165) is 6.42 Å². The van der Waals surface area contributed by atoms with Gasteiger partial charge >= 0.3 is 0 Å². The monoisotopic (exact) mass is 397 g/mol. The summed E-state index contributed by atoms with van der Waals surface area (Å²) in [4.78, 5) is 17.9. The van der Waals surface area contributed by atoms with Gasteiger partial charge in [0.2, 0.25) is 5.91 Å². The number of carbonyl (C=O) groups excluding carboxylic acids is 1. The van der Waals surface area contributed by atoms with Crippen molar-refractivity contribution in [3.05, 3.63) is 72.8 Å². The minimum Gasteiger partial charge on any atom is -0.467 e. The molecule has 0 spiro atoms. The largest absolute Gasteiger partial charge is 0.467 e. The van der Waals surface area contributed by atoms with Crippen LogP contribution >= 0.6 is 0 Å². The molecule has 0 saturated carbocycles. The quantitative estimate of drug-likeness (QED) is 0.638. The summed E-state index contributed by atoms with van der Waals surface area (Å²) in [5.74, 6) is 0.870. The summed E-state index contributed by atoms with van der Waals surface area (Å²) in [7, 11) is -3.88. The summed E-state index contributed by atoms with van der Waals surface area (Å²) in [6, 6.07) is 14.9. The second-order valence-corrected chi connectivity index (χ2v) is 8.28. The molecule has 0 bridgehead atoms. The lowest BCUT2D eigenvalue weighted by Gasteiger charge is -2.23. The van der Waals surface area contributed by atoms with Crippen LogP contribution in [0.4, 0.5) is 11.5 Å². The van der Waals surface area contributed by atoms with E-state index in [1.54, 1.807) is 53.6 Å². The Morgan fingerprint density at radius 3 is 2.50 bits per heavy atom. The normalized spacial score (nSPS) is 14.4. The molecule has 1 aromatic carbocycles. The fourth-order valence-corrected chi connectivity index (χ4v) is 4.57. The number of benzene rings is 1. The molecule has 1 saturated heterocycles. The second-order valence-electron chi connectivity index (χ2n) is 6.42. The molecule has 0 aliphatic carbocycles. The predicted molar refractivity (Wildman–Crippen MR) is 104 cm³/mol. The summed E-state index contributed by atoms with van der Waals surface area (Å²) < 4.78 is 33.2. The third-order valence-electron chi connectivity index (χ3n) is 4.59. The number of pyridine rings is 1. The summed E-state index contributed by atoms with van der Waals surface area (Å²) in [6.07, 6.45) is 4.38. The minimum absolute atomic E-state index is 0.0265. The van der Waals surface area contributed by atoms with E-state index in [-0.39, 0.29) is 17.3 Å². The van der Waals surface area contributed by atoms with Crippen LogP contribution in [0.25, 0.3) is 0 Å². The SMILES string of the molecule is O=C1CCCN1c1ccc(S(=O)(=O)N(Cc2ccco2)c2ccccn2)cc1. The predicted octanol–water partition coefficient (Wildman–Crippen LogP) is 3.20. The van der Waals surface area contributed by atoms with Gasteiger partial charge in [0.15, 0.2) is 0 Å². The van der Waals surface area contributed by atoms with Crippen LogP contribution in [0.3, 0.4) is 0 Å². The number of rotatable bonds is 6. The van der Waals surface area contributed by atoms with Crippen LogP contribution in [0.5, 0.6) is 0 Å². The molecule has 0 radical (unpaired) electrons. The number of hydrogen-bond donors (Lipinski definition) is 0. The van der Waals surface area contributed by atoms with E-state index in [0.29, 0.717) is 30.2 Å². The van der Waals surface area contributed by atoms with E-state index in [9.17, 15) is 13.2 Å². The molecule has 3 heterocycles. The molecule has 28 heavy (non-hydrogen) atoms. The average molecular weight is 397 g/mol. The molecule has 2 aromatic heterocycles. The lowest BCUT2D eigenvalue weighted by Crippen LogP contribution is -2.31. The van der Waals surface area contributed by atoms with Crippen LogP contribution in [0.1, 0.15) is 18.6 Å². The van der Waals surface area contributed by atoms with Crippen molar-refractivity contribution in [1.82, 2.24) is 4.98 Å². The molecule has 3 aromatic rings. The Morgan fingerprint density at radius 1 is 1.07 bits per heavy atom. The van der Waals surface area contributed by atoms with Crippen molar-refractivity contribution < 1.29 is 17.6 Å². The maximum Gasteiger partial charge on any atom is 0.265 e. The van der Waals surface area contributed by atoms with Crippen LogP contribution in [-0.4, -0.2) is 25.9 Å². The minimum atomic E-state index is -3.88. The zero-order valence-corrected chi connectivity index (χ0v) is 15.9. The molecule has 0 atom stereocenters. The lowest BCUT2D eigenvalue weighted by molar-refractivity contribution is -0.117. The Morgan fingerprint density at radius 2 is 1.89 bits per heavy atom. The van der Waals surface area contributed by atoms with Gasteiger partial charge in [0.25, 0.3) is 10.0 Å². The van der Waals surface area contributed by atoms with E-state index in [4.69, 9.17) is 4.42 Å². The Bertz CT molecular complexity index is 1050. The highest BCUT2D eigenvalue weighted by molar-refractivity contribution is 7.92. The first-order valence-electron chi connectivity index (χ1n) is 8.92. The molecule has 0 unspecified atom stereocenters.